The average molecular weight is 219 g/mol. The Bertz CT molecular complexity index is 171. The maximum absolute atomic E-state index is 9.46. The van der Waals surface area contributed by atoms with Crippen LogP contribution in [0.3, 0.4) is 0 Å². The van der Waals surface area contributed by atoms with Gasteiger partial charge < -0.3 is 25.1 Å². The summed E-state index contributed by atoms with van der Waals surface area (Å²) in [6.07, 6.45) is 1.25. The monoisotopic (exact) mass is 219 g/mol. The smallest absolute Gasteiger partial charge is 0.104 e. The maximum atomic E-state index is 9.46. The first-order chi connectivity index (χ1) is 7.22. The van der Waals surface area contributed by atoms with Crippen molar-refractivity contribution in [3.63, 3.8) is 0 Å². The minimum atomic E-state index is -0.597. The predicted molar refractivity (Wildman–Crippen MR) is 55.7 cm³/mol. The molecule has 90 valence electrons. The molecule has 5 nitrogen and oxygen atoms in total. The van der Waals surface area contributed by atoms with Crippen molar-refractivity contribution >= 4 is 0 Å². The second-order valence-electron chi connectivity index (χ2n) is 3.96. The van der Waals surface area contributed by atoms with Crippen LogP contribution in [0.25, 0.3) is 0 Å². The Morgan fingerprint density at radius 2 is 2.33 bits per heavy atom. The zero-order valence-corrected chi connectivity index (χ0v) is 9.28. The number of aliphatic hydroxyl groups is 1. The first-order valence-corrected chi connectivity index (χ1v) is 5.31. The number of rotatable bonds is 6. The van der Waals surface area contributed by atoms with E-state index in [0.717, 1.165) is 19.4 Å². The van der Waals surface area contributed by atoms with Crippen molar-refractivity contribution in [1.29, 1.82) is 0 Å². The number of ether oxygens (including phenoxy) is 3. The van der Waals surface area contributed by atoms with Gasteiger partial charge in [0.05, 0.1) is 19.8 Å². The molecular formula is C10H21NO4. The molecule has 2 unspecified atom stereocenters. The van der Waals surface area contributed by atoms with Crippen LogP contribution in [-0.2, 0) is 14.2 Å². The Morgan fingerprint density at radius 1 is 1.53 bits per heavy atom. The molecule has 2 atom stereocenters. The van der Waals surface area contributed by atoms with E-state index in [1.54, 1.807) is 7.11 Å². The molecule has 1 aliphatic heterocycles. The molecule has 15 heavy (non-hydrogen) atoms. The summed E-state index contributed by atoms with van der Waals surface area (Å²) >= 11 is 0. The lowest BCUT2D eigenvalue weighted by Crippen LogP contribution is -2.49. The van der Waals surface area contributed by atoms with E-state index in [0.29, 0.717) is 13.2 Å². The summed E-state index contributed by atoms with van der Waals surface area (Å²) in [4.78, 5) is 0. The van der Waals surface area contributed by atoms with E-state index in [9.17, 15) is 5.11 Å². The van der Waals surface area contributed by atoms with Gasteiger partial charge in [0.2, 0.25) is 0 Å². The van der Waals surface area contributed by atoms with Crippen LogP contribution in [0.15, 0.2) is 0 Å². The highest BCUT2D eigenvalue weighted by Gasteiger charge is 2.33. The summed E-state index contributed by atoms with van der Waals surface area (Å²) in [7, 11) is 1.55. The standard InChI is InChI=1S/C10H21NO4/c1-13-5-9(12)6-15-10(7-11)3-2-4-14-8-10/h9,12H,2-8,11H2,1H3. The quantitative estimate of drug-likeness (QED) is 0.631. The Morgan fingerprint density at radius 3 is 2.87 bits per heavy atom. The second kappa shape index (κ2) is 6.40. The summed E-state index contributed by atoms with van der Waals surface area (Å²) < 4.78 is 15.8. The third-order valence-electron chi connectivity index (χ3n) is 2.60. The number of hydrogen-bond donors (Lipinski definition) is 2. The van der Waals surface area contributed by atoms with Crippen LogP contribution in [0.4, 0.5) is 0 Å². The minimum Gasteiger partial charge on any atom is -0.388 e. The second-order valence-corrected chi connectivity index (χ2v) is 3.96. The van der Waals surface area contributed by atoms with Gasteiger partial charge in [-0.2, -0.15) is 0 Å². The normalized spacial score (nSPS) is 29.0. The Labute approximate surface area is 90.5 Å². The zero-order chi connectivity index (χ0) is 11.1. The summed E-state index contributed by atoms with van der Waals surface area (Å²) in [6, 6.07) is 0. The highest BCUT2D eigenvalue weighted by Crippen LogP contribution is 2.22. The summed E-state index contributed by atoms with van der Waals surface area (Å²) in [5.74, 6) is 0. The van der Waals surface area contributed by atoms with Crippen LogP contribution in [0.2, 0.25) is 0 Å². The molecule has 5 heteroatoms. The van der Waals surface area contributed by atoms with Gasteiger partial charge in [0, 0.05) is 20.3 Å². The van der Waals surface area contributed by atoms with Gasteiger partial charge in [-0.05, 0) is 12.8 Å². The van der Waals surface area contributed by atoms with E-state index < -0.39 is 11.7 Å². The molecule has 0 aromatic rings. The first kappa shape index (κ1) is 12.9. The van der Waals surface area contributed by atoms with Gasteiger partial charge >= 0.3 is 0 Å². The van der Waals surface area contributed by atoms with Crippen LogP contribution in [-0.4, -0.2) is 56.9 Å². The number of aliphatic hydroxyl groups excluding tert-OH is 1. The van der Waals surface area contributed by atoms with Gasteiger partial charge in [0.25, 0.3) is 0 Å². The lowest BCUT2D eigenvalue weighted by molar-refractivity contribution is -0.144. The Hall–Kier alpha value is -0.200. The SMILES string of the molecule is COCC(O)COC1(CN)CCCOC1. The fraction of sp³-hybridized carbons (Fsp3) is 1.00. The van der Waals surface area contributed by atoms with Crippen LogP contribution < -0.4 is 5.73 Å². The number of methoxy groups -OCH3 is 1. The summed E-state index contributed by atoms with van der Waals surface area (Å²) in [5, 5.41) is 9.46. The van der Waals surface area contributed by atoms with E-state index in [2.05, 4.69) is 0 Å². The van der Waals surface area contributed by atoms with Crippen LogP contribution >= 0.6 is 0 Å². The first-order valence-electron chi connectivity index (χ1n) is 5.31. The molecule has 1 heterocycles. The minimum absolute atomic E-state index is 0.244. The van der Waals surface area contributed by atoms with Gasteiger partial charge in [0.1, 0.15) is 11.7 Å². The van der Waals surface area contributed by atoms with E-state index in [-0.39, 0.29) is 13.2 Å². The van der Waals surface area contributed by atoms with E-state index in [4.69, 9.17) is 19.9 Å². The molecule has 0 bridgehead atoms. The van der Waals surface area contributed by atoms with Gasteiger partial charge in [0.15, 0.2) is 0 Å². The topological polar surface area (TPSA) is 73.9 Å². The molecule has 1 saturated heterocycles. The molecule has 0 aromatic heterocycles. The molecule has 1 aliphatic rings. The molecule has 3 N–H and O–H groups in total. The van der Waals surface area contributed by atoms with Gasteiger partial charge in [-0.25, -0.2) is 0 Å². The van der Waals surface area contributed by atoms with Gasteiger partial charge in [-0.1, -0.05) is 0 Å². The maximum Gasteiger partial charge on any atom is 0.104 e. The van der Waals surface area contributed by atoms with Crippen molar-refractivity contribution in [2.45, 2.75) is 24.5 Å². The zero-order valence-electron chi connectivity index (χ0n) is 9.28. The van der Waals surface area contributed by atoms with Gasteiger partial charge in [-0.3, -0.25) is 0 Å². The molecule has 0 aromatic carbocycles. The fourth-order valence-corrected chi connectivity index (χ4v) is 1.67. The van der Waals surface area contributed by atoms with E-state index in [1.807, 2.05) is 0 Å². The van der Waals surface area contributed by atoms with Crippen molar-refractivity contribution in [1.82, 2.24) is 0 Å². The van der Waals surface area contributed by atoms with Crippen molar-refractivity contribution in [2.75, 3.05) is 40.1 Å². The molecule has 1 fully saturated rings. The van der Waals surface area contributed by atoms with E-state index >= 15 is 0 Å². The van der Waals surface area contributed by atoms with Crippen LogP contribution in [0, 0.1) is 0 Å². The molecular weight excluding hydrogens is 198 g/mol. The summed E-state index contributed by atoms with van der Waals surface area (Å²) in [5.41, 5.74) is 5.27. The van der Waals surface area contributed by atoms with Crippen LogP contribution in [0.5, 0.6) is 0 Å². The lowest BCUT2D eigenvalue weighted by atomic mass is 9.96. The van der Waals surface area contributed by atoms with Crippen LogP contribution in [0.1, 0.15) is 12.8 Å². The third-order valence-corrected chi connectivity index (χ3v) is 2.60. The Balaban J connectivity index is 2.32. The molecule has 0 radical (unpaired) electrons. The number of nitrogens with two attached hydrogens (primary N) is 1. The molecule has 0 spiro atoms. The van der Waals surface area contributed by atoms with Crippen molar-refractivity contribution < 1.29 is 19.3 Å². The molecule has 0 amide bonds. The molecule has 0 saturated carbocycles. The Kier molecular flexibility index (Phi) is 5.49. The molecule has 0 aliphatic carbocycles. The van der Waals surface area contributed by atoms with Crippen molar-refractivity contribution in [3.05, 3.63) is 0 Å². The highest BCUT2D eigenvalue weighted by atomic mass is 16.6. The fourth-order valence-electron chi connectivity index (χ4n) is 1.67. The third kappa shape index (κ3) is 4.04. The number of hydrogen-bond acceptors (Lipinski definition) is 5. The predicted octanol–water partition coefficient (Wildman–Crippen LogP) is -0.482. The summed E-state index contributed by atoms with van der Waals surface area (Å²) in [6.45, 7) is 2.23. The van der Waals surface area contributed by atoms with E-state index in [1.165, 1.54) is 0 Å². The van der Waals surface area contributed by atoms with Crippen molar-refractivity contribution in [2.24, 2.45) is 5.73 Å². The van der Waals surface area contributed by atoms with Crippen molar-refractivity contribution in [3.8, 4) is 0 Å². The highest BCUT2D eigenvalue weighted by molar-refractivity contribution is 4.84. The largest absolute Gasteiger partial charge is 0.388 e. The molecule has 1 rings (SSSR count). The lowest BCUT2D eigenvalue weighted by Gasteiger charge is -2.36. The average Bonchev–Trinajstić information content (AvgIpc) is 2.28. The van der Waals surface area contributed by atoms with Gasteiger partial charge in [-0.15, -0.1) is 0 Å².